The second kappa shape index (κ2) is 6.63. The van der Waals surface area contributed by atoms with Crippen molar-refractivity contribution in [2.45, 2.75) is 17.7 Å². The van der Waals surface area contributed by atoms with Crippen LogP contribution >= 0.6 is 23.1 Å². The average molecular weight is 296 g/mol. The molecule has 0 aliphatic carbocycles. The van der Waals surface area contributed by atoms with Crippen molar-refractivity contribution in [3.63, 3.8) is 0 Å². The van der Waals surface area contributed by atoms with Crippen molar-refractivity contribution >= 4 is 45.2 Å². The Bertz CT molecular complexity index is 564. The number of hydrogen-bond donors (Lipinski definition) is 0. The summed E-state index contributed by atoms with van der Waals surface area (Å²) >= 11 is 2.77. The van der Waals surface area contributed by atoms with Gasteiger partial charge in [-0.1, -0.05) is 23.1 Å². The Kier molecular flexibility index (Phi) is 4.86. The number of carbonyl (C=O) groups is 2. The summed E-state index contributed by atoms with van der Waals surface area (Å²) in [5.41, 5.74) is 0.827. The third-order valence-electron chi connectivity index (χ3n) is 2.15. The SMILES string of the molecule is CCOC(=O)CC(=O)CSc1nc2cccnc2s1. The van der Waals surface area contributed by atoms with Crippen LogP contribution in [-0.4, -0.2) is 34.1 Å². The molecule has 0 fully saturated rings. The van der Waals surface area contributed by atoms with E-state index in [9.17, 15) is 9.59 Å². The molecular formula is C12H12N2O3S2. The Hall–Kier alpha value is -1.47. The van der Waals surface area contributed by atoms with E-state index in [-0.39, 0.29) is 18.0 Å². The van der Waals surface area contributed by atoms with E-state index in [2.05, 4.69) is 9.97 Å². The van der Waals surface area contributed by atoms with Gasteiger partial charge >= 0.3 is 5.97 Å². The third-order valence-corrected chi connectivity index (χ3v) is 4.33. The molecule has 0 amide bonds. The summed E-state index contributed by atoms with van der Waals surface area (Å²) in [5, 5.41) is 0. The van der Waals surface area contributed by atoms with Gasteiger partial charge in [-0.25, -0.2) is 9.97 Å². The number of ketones is 1. The average Bonchev–Trinajstić information content (AvgIpc) is 2.79. The molecule has 2 rings (SSSR count). The number of esters is 1. The number of hydrogen-bond acceptors (Lipinski definition) is 7. The predicted octanol–water partition coefficient (Wildman–Crippen LogP) is 2.31. The molecule has 5 nitrogen and oxygen atoms in total. The van der Waals surface area contributed by atoms with Crippen molar-refractivity contribution in [1.29, 1.82) is 0 Å². The Balaban J connectivity index is 1.88. The van der Waals surface area contributed by atoms with Crippen LogP contribution < -0.4 is 0 Å². The van der Waals surface area contributed by atoms with E-state index >= 15 is 0 Å². The molecule has 0 aromatic carbocycles. The van der Waals surface area contributed by atoms with Crippen LogP contribution in [0, 0.1) is 0 Å². The highest BCUT2D eigenvalue weighted by Crippen LogP contribution is 2.27. The van der Waals surface area contributed by atoms with Gasteiger partial charge in [0.1, 0.15) is 16.8 Å². The summed E-state index contributed by atoms with van der Waals surface area (Å²) in [7, 11) is 0. The van der Waals surface area contributed by atoms with Crippen molar-refractivity contribution in [3.05, 3.63) is 18.3 Å². The van der Waals surface area contributed by atoms with Crippen LogP contribution in [-0.2, 0) is 14.3 Å². The van der Waals surface area contributed by atoms with Gasteiger partial charge < -0.3 is 4.74 Å². The van der Waals surface area contributed by atoms with E-state index in [1.165, 1.54) is 23.1 Å². The standard InChI is InChI=1S/C12H12N2O3S2/c1-2-17-10(16)6-8(15)7-18-12-14-9-4-3-5-13-11(9)19-12/h3-5H,2,6-7H2,1H3. The first-order valence-corrected chi connectivity index (χ1v) is 7.51. The molecule has 0 radical (unpaired) electrons. The van der Waals surface area contributed by atoms with Gasteiger partial charge in [0, 0.05) is 6.20 Å². The number of Topliss-reactive ketones (excluding diaryl/α,β-unsaturated/α-hetero) is 1. The highest BCUT2D eigenvalue weighted by molar-refractivity contribution is 8.01. The minimum atomic E-state index is -0.473. The monoisotopic (exact) mass is 296 g/mol. The number of rotatable bonds is 6. The first-order chi connectivity index (χ1) is 9.19. The molecule has 19 heavy (non-hydrogen) atoms. The van der Waals surface area contributed by atoms with Crippen LogP contribution in [0.25, 0.3) is 10.3 Å². The summed E-state index contributed by atoms with van der Waals surface area (Å²) in [6.45, 7) is 2.01. The largest absolute Gasteiger partial charge is 0.466 e. The smallest absolute Gasteiger partial charge is 0.313 e. The fourth-order valence-electron chi connectivity index (χ4n) is 1.38. The van der Waals surface area contributed by atoms with Crippen molar-refractivity contribution in [2.75, 3.05) is 12.4 Å². The number of pyridine rings is 1. The molecule has 0 atom stereocenters. The molecule has 2 aromatic heterocycles. The molecule has 0 aliphatic rings. The lowest BCUT2D eigenvalue weighted by molar-refractivity contribution is -0.145. The van der Waals surface area contributed by atoms with E-state index in [1.807, 2.05) is 12.1 Å². The molecule has 0 saturated heterocycles. The lowest BCUT2D eigenvalue weighted by Gasteiger charge is -1.99. The number of nitrogens with zero attached hydrogens (tertiary/aromatic N) is 2. The Labute approximate surface area is 118 Å². The van der Waals surface area contributed by atoms with E-state index in [4.69, 9.17) is 4.74 Å². The van der Waals surface area contributed by atoms with Gasteiger partial charge in [0.15, 0.2) is 10.1 Å². The number of thiazole rings is 1. The number of thioether (sulfide) groups is 1. The maximum absolute atomic E-state index is 11.6. The van der Waals surface area contributed by atoms with Crippen LogP contribution in [0.1, 0.15) is 13.3 Å². The third kappa shape index (κ3) is 4.00. The molecule has 2 aromatic rings. The normalized spacial score (nSPS) is 10.6. The van der Waals surface area contributed by atoms with Gasteiger partial charge in [0.25, 0.3) is 0 Å². The molecule has 0 N–H and O–H groups in total. The maximum atomic E-state index is 11.6. The van der Waals surface area contributed by atoms with Crippen LogP contribution in [0.15, 0.2) is 22.7 Å². The van der Waals surface area contributed by atoms with Crippen molar-refractivity contribution < 1.29 is 14.3 Å². The van der Waals surface area contributed by atoms with Crippen molar-refractivity contribution in [1.82, 2.24) is 9.97 Å². The topological polar surface area (TPSA) is 69.2 Å². The van der Waals surface area contributed by atoms with Gasteiger partial charge in [-0.15, -0.1) is 0 Å². The minimum absolute atomic E-state index is 0.157. The highest BCUT2D eigenvalue weighted by Gasteiger charge is 2.12. The van der Waals surface area contributed by atoms with Crippen LogP contribution in [0.3, 0.4) is 0 Å². The molecule has 7 heteroatoms. The zero-order valence-corrected chi connectivity index (χ0v) is 11.9. The summed E-state index contributed by atoms with van der Waals surface area (Å²) in [6, 6.07) is 3.70. The van der Waals surface area contributed by atoms with Crippen molar-refractivity contribution in [2.24, 2.45) is 0 Å². The quantitative estimate of drug-likeness (QED) is 0.463. The maximum Gasteiger partial charge on any atom is 0.313 e. The van der Waals surface area contributed by atoms with E-state index in [1.54, 1.807) is 13.1 Å². The zero-order valence-electron chi connectivity index (χ0n) is 10.3. The Morgan fingerprint density at radius 1 is 1.47 bits per heavy atom. The zero-order chi connectivity index (χ0) is 13.7. The Morgan fingerprint density at radius 2 is 2.32 bits per heavy atom. The second-order valence-corrected chi connectivity index (χ2v) is 5.82. The molecule has 0 unspecified atom stereocenters. The molecule has 2 heterocycles. The number of aromatic nitrogens is 2. The molecule has 100 valence electrons. The van der Waals surface area contributed by atoms with E-state index in [0.717, 1.165) is 14.7 Å². The summed E-state index contributed by atoms with van der Waals surface area (Å²) in [4.78, 5) is 32.1. The molecular weight excluding hydrogens is 284 g/mol. The van der Waals surface area contributed by atoms with Crippen LogP contribution in [0.2, 0.25) is 0 Å². The molecule has 0 aliphatic heterocycles. The van der Waals surface area contributed by atoms with Gasteiger partial charge in [0.2, 0.25) is 0 Å². The molecule has 0 saturated carbocycles. The second-order valence-electron chi connectivity index (χ2n) is 3.62. The van der Waals surface area contributed by atoms with Gasteiger partial charge in [0.05, 0.1) is 12.4 Å². The van der Waals surface area contributed by atoms with Gasteiger partial charge in [-0.3, -0.25) is 9.59 Å². The fourth-order valence-corrected chi connectivity index (χ4v) is 3.22. The Morgan fingerprint density at radius 3 is 3.05 bits per heavy atom. The lowest BCUT2D eigenvalue weighted by atomic mass is 10.3. The van der Waals surface area contributed by atoms with Crippen LogP contribution in [0.4, 0.5) is 0 Å². The summed E-state index contributed by atoms with van der Waals surface area (Å²) in [5.74, 6) is -0.409. The predicted molar refractivity (Wildman–Crippen MR) is 74.4 cm³/mol. The van der Waals surface area contributed by atoms with Crippen LogP contribution in [0.5, 0.6) is 0 Å². The van der Waals surface area contributed by atoms with Gasteiger partial charge in [-0.2, -0.15) is 0 Å². The lowest BCUT2D eigenvalue weighted by Crippen LogP contribution is -2.12. The first-order valence-electron chi connectivity index (χ1n) is 5.70. The summed E-state index contributed by atoms with van der Waals surface area (Å²) < 4.78 is 5.50. The number of ether oxygens (including phenoxy) is 1. The van der Waals surface area contributed by atoms with E-state index in [0.29, 0.717) is 6.61 Å². The van der Waals surface area contributed by atoms with Gasteiger partial charge in [-0.05, 0) is 19.1 Å². The van der Waals surface area contributed by atoms with E-state index < -0.39 is 5.97 Å². The summed E-state index contributed by atoms with van der Waals surface area (Å²) in [6.07, 6.45) is 1.53. The number of fused-ring (bicyclic) bond motifs is 1. The fraction of sp³-hybridized carbons (Fsp3) is 0.333. The number of carbonyl (C=O) groups excluding carboxylic acids is 2. The van der Waals surface area contributed by atoms with Crippen molar-refractivity contribution in [3.8, 4) is 0 Å². The molecule has 0 bridgehead atoms. The first kappa shape index (κ1) is 14.0. The highest BCUT2D eigenvalue weighted by atomic mass is 32.2. The molecule has 0 spiro atoms. The minimum Gasteiger partial charge on any atom is -0.466 e.